The van der Waals surface area contributed by atoms with Gasteiger partial charge in [-0.1, -0.05) is 23.8 Å². The third kappa shape index (κ3) is 2.84. The van der Waals surface area contributed by atoms with Gasteiger partial charge in [-0.05, 0) is 37.1 Å². The molecule has 0 atom stereocenters. The molecule has 0 aliphatic carbocycles. The summed E-state index contributed by atoms with van der Waals surface area (Å²) in [5.41, 5.74) is 5.72. The average Bonchev–Trinajstić information content (AvgIpc) is 2.90. The van der Waals surface area contributed by atoms with Crippen LogP contribution in [0, 0.1) is 13.8 Å². The van der Waals surface area contributed by atoms with Crippen molar-refractivity contribution in [1.82, 2.24) is 4.57 Å². The first-order valence-corrected chi connectivity index (χ1v) is 8.37. The minimum atomic E-state index is 0.0972. The summed E-state index contributed by atoms with van der Waals surface area (Å²) in [5, 5.41) is 0.863. The van der Waals surface area contributed by atoms with Gasteiger partial charge in [0.2, 0.25) is 0 Å². The molecular formula is C21H23NO4. The lowest BCUT2D eigenvalue weighted by Crippen LogP contribution is -2.03. The predicted octanol–water partition coefficient (Wildman–Crippen LogP) is 4.27. The van der Waals surface area contributed by atoms with Crippen LogP contribution in [0.15, 0.2) is 30.3 Å². The lowest BCUT2D eigenvalue weighted by atomic mass is 10.0. The molecule has 1 aromatic heterocycles. The molecule has 0 bridgehead atoms. The maximum atomic E-state index is 11.7. The number of hydrogen-bond donors (Lipinski definition) is 0. The molecule has 0 amide bonds. The molecule has 5 nitrogen and oxygen atoms in total. The fraction of sp³-hybridized carbons (Fsp3) is 0.286. The zero-order valence-electron chi connectivity index (χ0n) is 15.8. The standard InChI is InChI=1S/C21H23NO4/c1-13-7-6-8-15(9-13)19-14(2)18-20(22(19)3)16(11-23)10-17(25-5)21(18)26-12-24-4/h6-11H,12H2,1-5H3. The molecule has 0 unspecified atom stereocenters. The number of carbonyl (C=O) groups is 1. The highest BCUT2D eigenvalue weighted by Gasteiger charge is 2.23. The molecule has 0 fully saturated rings. The smallest absolute Gasteiger partial charge is 0.188 e. The first-order valence-electron chi connectivity index (χ1n) is 8.37. The van der Waals surface area contributed by atoms with Gasteiger partial charge in [0.15, 0.2) is 24.6 Å². The lowest BCUT2D eigenvalue weighted by molar-refractivity contribution is 0.0503. The van der Waals surface area contributed by atoms with Gasteiger partial charge in [-0.3, -0.25) is 4.79 Å². The van der Waals surface area contributed by atoms with Crippen molar-refractivity contribution in [1.29, 1.82) is 0 Å². The fourth-order valence-electron chi connectivity index (χ4n) is 3.55. The molecule has 0 N–H and O–H groups in total. The summed E-state index contributed by atoms with van der Waals surface area (Å²) < 4.78 is 18.4. The van der Waals surface area contributed by atoms with Gasteiger partial charge in [-0.15, -0.1) is 0 Å². The van der Waals surface area contributed by atoms with Gasteiger partial charge in [-0.2, -0.15) is 0 Å². The molecule has 2 aromatic carbocycles. The second-order valence-corrected chi connectivity index (χ2v) is 6.29. The Labute approximate surface area is 153 Å². The number of hydrogen-bond acceptors (Lipinski definition) is 4. The Kier molecular flexibility index (Phi) is 5.00. The average molecular weight is 353 g/mol. The molecule has 0 aliphatic rings. The number of fused-ring (bicyclic) bond motifs is 1. The normalized spacial score (nSPS) is 11.0. The van der Waals surface area contributed by atoms with Crippen LogP contribution >= 0.6 is 0 Å². The van der Waals surface area contributed by atoms with Crippen molar-refractivity contribution in [3.05, 3.63) is 47.0 Å². The number of ether oxygens (including phenoxy) is 3. The van der Waals surface area contributed by atoms with E-state index in [1.165, 1.54) is 5.56 Å². The summed E-state index contributed by atoms with van der Waals surface area (Å²) in [6, 6.07) is 10.0. The van der Waals surface area contributed by atoms with E-state index in [1.807, 2.05) is 24.6 Å². The number of carbonyl (C=O) groups excluding carboxylic acids is 1. The molecular weight excluding hydrogens is 330 g/mol. The van der Waals surface area contributed by atoms with Crippen molar-refractivity contribution in [2.75, 3.05) is 21.0 Å². The molecule has 0 aliphatic heterocycles. The summed E-state index contributed by atoms with van der Waals surface area (Å²) in [4.78, 5) is 11.7. The molecule has 136 valence electrons. The minimum absolute atomic E-state index is 0.0972. The zero-order valence-corrected chi connectivity index (χ0v) is 15.8. The maximum absolute atomic E-state index is 11.7. The number of benzene rings is 2. The third-order valence-electron chi connectivity index (χ3n) is 4.61. The van der Waals surface area contributed by atoms with Crippen LogP contribution in [0.5, 0.6) is 11.5 Å². The number of nitrogens with zero attached hydrogens (tertiary/aromatic N) is 1. The van der Waals surface area contributed by atoms with Crippen LogP contribution in [0.3, 0.4) is 0 Å². The number of rotatable bonds is 6. The van der Waals surface area contributed by atoms with Crippen LogP contribution in [-0.2, 0) is 11.8 Å². The van der Waals surface area contributed by atoms with Crippen molar-refractivity contribution in [2.24, 2.45) is 7.05 Å². The van der Waals surface area contributed by atoms with Gasteiger partial charge < -0.3 is 18.8 Å². The van der Waals surface area contributed by atoms with Crippen LogP contribution in [0.4, 0.5) is 0 Å². The topological polar surface area (TPSA) is 49.7 Å². The van der Waals surface area contributed by atoms with E-state index in [9.17, 15) is 4.79 Å². The molecule has 0 saturated carbocycles. The molecule has 0 saturated heterocycles. The second kappa shape index (κ2) is 7.22. The lowest BCUT2D eigenvalue weighted by Gasteiger charge is -2.13. The van der Waals surface area contributed by atoms with E-state index < -0.39 is 0 Å². The van der Waals surface area contributed by atoms with Crippen LogP contribution in [0.1, 0.15) is 21.5 Å². The Morgan fingerprint density at radius 1 is 1.15 bits per heavy atom. The van der Waals surface area contributed by atoms with E-state index in [0.717, 1.165) is 34.0 Å². The summed E-state index contributed by atoms with van der Waals surface area (Å²) in [6.07, 6.45) is 0.852. The van der Waals surface area contributed by atoms with E-state index in [2.05, 4.69) is 25.1 Å². The quantitative estimate of drug-likeness (QED) is 0.491. The van der Waals surface area contributed by atoms with E-state index in [0.29, 0.717) is 17.1 Å². The first-order chi connectivity index (χ1) is 12.5. The molecule has 3 rings (SSSR count). The van der Waals surface area contributed by atoms with E-state index in [-0.39, 0.29) is 6.79 Å². The summed E-state index contributed by atoms with van der Waals surface area (Å²) in [7, 11) is 5.10. The Morgan fingerprint density at radius 3 is 2.54 bits per heavy atom. The van der Waals surface area contributed by atoms with Gasteiger partial charge in [0.1, 0.15) is 0 Å². The zero-order chi connectivity index (χ0) is 18.8. The number of aryl methyl sites for hydroxylation is 3. The highest BCUT2D eigenvalue weighted by molar-refractivity contribution is 6.06. The van der Waals surface area contributed by atoms with Crippen LogP contribution in [0.2, 0.25) is 0 Å². The Hall–Kier alpha value is -2.79. The summed E-state index contributed by atoms with van der Waals surface area (Å²) in [6.45, 7) is 4.20. The van der Waals surface area contributed by atoms with Gasteiger partial charge in [-0.25, -0.2) is 0 Å². The third-order valence-corrected chi connectivity index (χ3v) is 4.61. The SMILES string of the molecule is COCOc1c(OC)cc(C=O)c2c1c(C)c(-c1cccc(C)c1)n2C. The van der Waals surface area contributed by atoms with Crippen LogP contribution in [0.25, 0.3) is 22.2 Å². The van der Waals surface area contributed by atoms with E-state index >= 15 is 0 Å². The second-order valence-electron chi connectivity index (χ2n) is 6.29. The fourth-order valence-corrected chi connectivity index (χ4v) is 3.55. The Bertz CT molecular complexity index is 972. The predicted molar refractivity (Wildman–Crippen MR) is 102 cm³/mol. The van der Waals surface area contributed by atoms with Crippen molar-refractivity contribution >= 4 is 17.2 Å². The minimum Gasteiger partial charge on any atom is -0.493 e. The van der Waals surface area contributed by atoms with Crippen LogP contribution < -0.4 is 9.47 Å². The number of aldehydes is 1. The number of aromatic nitrogens is 1. The summed E-state index contributed by atoms with van der Waals surface area (Å²) in [5.74, 6) is 1.10. The molecule has 3 aromatic rings. The maximum Gasteiger partial charge on any atom is 0.188 e. The highest BCUT2D eigenvalue weighted by atomic mass is 16.7. The first kappa shape index (κ1) is 18.0. The van der Waals surface area contributed by atoms with Crippen molar-refractivity contribution in [3.8, 4) is 22.8 Å². The monoisotopic (exact) mass is 353 g/mol. The highest BCUT2D eigenvalue weighted by Crippen LogP contribution is 2.44. The molecule has 1 heterocycles. The molecule has 5 heteroatoms. The molecule has 0 spiro atoms. The van der Waals surface area contributed by atoms with Gasteiger partial charge in [0, 0.05) is 19.7 Å². The van der Waals surface area contributed by atoms with Gasteiger partial charge in [0.05, 0.1) is 23.7 Å². The molecule has 26 heavy (non-hydrogen) atoms. The summed E-state index contributed by atoms with van der Waals surface area (Å²) >= 11 is 0. The van der Waals surface area contributed by atoms with E-state index in [4.69, 9.17) is 14.2 Å². The Balaban J connectivity index is 2.41. The van der Waals surface area contributed by atoms with Crippen molar-refractivity contribution in [2.45, 2.75) is 13.8 Å². The number of methoxy groups -OCH3 is 2. The van der Waals surface area contributed by atoms with Crippen LogP contribution in [-0.4, -0.2) is 31.9 Å². The van der Waals surface area contributed by atoms with Gasteiger partial charge in [0.25, 0.3) is 0 Å². The van der Waals surface area contributed by atoms with E-state index in [1.54, 1.807) is 20.3 Å². The van der Waals surface area contributed by atoms with Crippen molar-refractivity contribution in [3.63, 3.8) is 0 Å². The van der Waals surface area contributed by atoms with Gasteiger partial charge >= 0.3 is 0 Å². The molecule has 0 radical (unpaired) electrons. The Morgan fingerprint density at radius 2 is 1.92 bits per heavy atom. The largest absolute Gasteiger partial charge is 0.493 e. The van der Waals surface area contributed by atoms with Crippen molar-refractivity contribution < 1.29 is 19.0 Å².